The van der Waals surface area contributed by atoms with E-state index in [-0.39, 0.29) is 30.0 Å². The number of piperazine rings is 1. The molecule has 1 saturated heterocycles. The molecule has 1 unspecified atom stereocenters. The van der Waals surface area contributed by atoms with Gasteiger partial charge in [0, 0.05) is 17.6 Å². The van der Waals surface area contributed by atoms with Gasteiger partial charge in [-0.1, -0.05) is 43.6 Å². The number of rotatable bonds is 8. The van der Waals surface area contributed by atoms with E-state index >= 15 is 0 Å². The van der Waals surface area contributed by atoms with Crippen molar-refractivity contribution in [1.82, 2.24) is 15.5 Å². The summed E-state index contributed by atoms with van der Waals surface area (Å²) < 4.78 is 11.7. The third kappa shape index (κ3) is 7.74. The second kappa shape index (κ2) is 12.2. The van der Waals surface area contributed by atoms with Crippen LogP contribution in [0.4, 0.5) is 0 Å². The quantitative estimate of drug-likeness (QED) is 0.396. The van der Waals surface area contributed by atoms with E-state index < -0.39 is 17.9 Å². The zero-order valence-corrected chi connectivity index (χ0v) is 21.2. The van der Waals surface area contributed by atoms with Gasteiger partial charge in [0.2, 0.25) is 5.91 Å². The van der Waals surface area contributed by atoms with E-state index in [4.69, 9.17) is 21.7 Å². The van der Waals surface area contributed by atoms with Gasteiger partial charge in [-0.15, -0.1) is 0 Å². The van der Waals surface area contributed by atoms with Crippen LogP contribution in [0.5, 0.6) is 5.75 Å². The van der Waals surface area contributed by atoms with Gasteiger partial charge in [0.25, 0.3) is 5.91 Å². The molecule has 1 atom stereocenters. The summed E-state index contributed by atoms with van der Waals surface area (Å²) in [7, 11) is 0. The monoisotopic (exact) mass is 527 g/mol. The van der Waals surface area contributed by atoms with E-state index in [9.17, 15) is 14.4 Å². The van der Waals surface area contributed by atoms with Gasteiger partial charge in [-0.25, -0.2) is 0 Å². The van der Waals surface area contributed by atoms with Crippen molar-refractivity contribution < 1.29 is 23.9 Å². The van der Waals surface area contributed by atoms with Gasteiger partial charge in [-0.05, 0) is 42.3 Å². The average molecular weight is 528 g/mol. The summed E-state index contributed by atoms with van der Waals surface area (Å²) in [6.07, 6.45) is -0.159. The first-order chi connectivity index (χ1) is 15.1. The predicted octanol–water partition coefficient (Wildman–Crippen LogP) is 2.89. The Bertz CT molecular complexity index is 862. The maximum atomic E-state index is 13.0. The molecular weight excluding hydrogens is 498 g/mol. The SMILES string of the molecule is CC(C)COC(=O)CC1C(=O)NCCN1C(=S)NC(=O)c1cc(Br)ccc1OCC(C)C. The number of thiocarbonyl (C=S) groups is 1. The Morgan fingerprint density at radius 1 is 1.25 bits per heavy atom. The predicted molar refractivity (Wildman–Crippen MR) is 128 cm³/mol. The summed E-state index contributed by atoms with van der Waals surface area (Å²) in [6, 6.07) is 4.30. The highest BCUT2D eigenvalue weighted by Gasteiger charge is 2.34. The summed E-state index contributed by atoms with van der Waals surface area (Å²) in [5, 5.41) is 5.48. The van der Waals surface area contributed by atoms with E-state index in [0.717, 1.165) is 0 Å². The minimum absolute atomic E-state index is 0.0706. The molecule has 176 valence electrons. The van der Waals surface area contributed by atoms with Crippen LogP contribution in [0.1, 0.15) is 44.5 Å². The van der Waals surface area contributed by atoms with Crippen molar-refractivity contribution in [2.45, 2.75) is 40.2 Å². The molecule has 0 saturated carbocycles. The van der Waals surface area contributed by atoms with Crippen LogP contribution in [0.3, 0.4) is 0 Å². The molecule has 0 spiro atoms. The van der Waals surface area contributed by atoms with E-state index in [1.54, 1.807) is 23.1 Å². The zero-order chi connectivity index (χ0) is 23.8. The van der Waals surface area contributed by atoms with Gasteiger partial charge >= 0.3 is 5.97 Å². The first kappa shape index (κ1) is 26.1. The highest BCUT2D eigenvalue weighted by Crippen LogP contribution is 2.24. The van der Waals surface area contributed by atoms with Crippen LogP contribution >= 0.6 is 28.1 Å². The van der Waals surface area contributed by atoms with Crippen molar-refractivity contribution in [3.63, 3.8) is 0 Å². The molecule has 1 fully saturated rings. The Labute approximate surface area is 202 Å². The number of benzene rings is 1. The smallest absolute Gasteiger partial charge is 0.308 e. The van der Waals surface area contributed by atoms with Gasteiger partial charge < -0.3 is 19.7 Å². The van der Waals surface area contributed by atoms with Crippen molar-refractivity contribution in [2.24, 2.45) is 11.8 Å². The molecule has 1 aliphatic heterocycles. The van der Waals surface area contributed by atoms with E-state index in [2.05, 4.69) is 26.6 Å². The van der Waals surface area contributed by atoms with Crippen LogP contribution < -0.4 is 15.4 Å². The van der Waals surface area contributed by atoms with Crippen LogP contribution in [0, 0.1) is 11.8 Å². The molecule has 2 amide bonds. The number of halogens is 1. The lowest BCUT2D eigenvalue weighted by Gasteiger charge is -2.36. The third-order valence-corrected chi connectivity index (χ3v) is 5.34. The minimum Gasteiger partial charge on any atom is -0.492 e. The number of hydrogen-bond donors (Lipinski definition) is 2. The van der Waals surface area contributed by atoms with Gasteiger partial charge in [0.05, 0.1) is 25.2 Å². The number of ether oxygens (including phenoxy) is 2. The number of carbonyl (C=O) groups is 3. The maximum absolute atomic E-state index is 13.0. The minimum atomic E-state index is -0.851. The fraction of sp³-hybridized carbons (Fsp3) is 0.545. The van der Waals surface area contributed by atoms with Crippen molar-refractivity contribution in [2.75, 3.05) is 26.3 Å². The number of nitrogens with one attached hydrogen (secondary N) is 2. The fourth-order valence-electron chi connectivity index (χ4n) is 2.94. The highest BCUT2D eigenvalue weighted by atomic mass is 79.9. The van der Waals surface area contributed by atoms with Crippen molar-refractivity contribution in [3.8, 4) is 5.75 Å². The van der Waals surface area contributed by atoms with Crippen molar-refractivity contribution in [1.29, 1.82) is 0 Å². The van der Waals surface area contributed by atoms with Crippen LogP contribution in [0.15, 0.2) is 22.7 Å². The average Bonchev–Trinajstić information content (AvgIpc) is 2.72. The van der Waals surface area contributed by atoms with Crippen molar-refractivity contribution >= 4 is 51.0 Å². The molecule has 8 nitrogen and oxygen atoms in total. The number of hydrogen-bond acceptors (Lipinski definition) is 6. The normalized spacial score (nSPS) is 16.0. The summed E-state index contributed by atoms with van der Waals surface area (Å²) in [5.41, 5.74) is 0.316. The number of esters is 1. The molecule has 0 aromatic heterocycles. The first-order valence-electron chi connectivity index (χ1n) is 10.6. The lowest BCUT2D eigenvalue weighted by molar-refractivity contribution is -0.148. The summed E-state index contributed by atoms with van der Waals surface area (Å²) in [4.78, 5) is 39.2. The van der Waals surface area contributed by atoms with Crippen LogP contribution in [-0.4, -0.2) is 60.1 Å². The second-order valence-electron chi connectivity index (χ2n) is 8.39. The Morgan fingerprint density at radius 3 is 2.59 bits per heavy atom. The van der Waals surface area contributed by atoms with Crippen LogP contribution in [-0.2, 0) is 14.3 Å². The van der Waals surface area contributed by atoms with Crippen LogP contribution in [0.2, 0.25) is 0 Å². The Balaban J connectivity index is 2.12. The van der Waals surface area contributed by atoms with Gasteiger partial charge in [-0.3, -0.25) is 19.7 Å². The lowest BCUT2D eigenvalue weighted by Crippen LogP contribution is -2.60. The summed E-state index contributed by atoms with van der Waals surface area (Å²) in [6.45, 7) is 9.34. The van der Waals surface area contributed by atoms with E-state index in [1.165, 1.54) is 0 Å². The third-order valence-electron chi connectivity index (χ3n) is 4.51. The molecule has 2 N–H and O–H groups in total. The molecule has 0 aliphatic carbocycles. The Kier molecular flexibility index (Phi) is 9.89. The molecule has 1 aromatic rings. The van der Waals surface area contributed by atoms with Gasteiger partial charge in [0.1, 0.15) is 11.8 Å². The molecule has 0 radical (unpaired) electrons. The molecule has 32 heavy (non-hydrogen) atoms. The van der Waals surface area contributed by atoms with Gasteiger partial charge in [0.15, 0.2) is 5.11 Å². The van der Waals surface area contributed by atoms with E-state index in [0.29, 0.717) is 41.4 Å². The number of amides is 2. The molecular formula is C22H30BrN3O5S. The topological polar surface area (TPSA) is 97.0 Å². The Morgan fingerprint density at radius 2 is 1.94 bits per heavy atom. The largest absolute Gasteiger partial charge is 0.492 e. The molecule has 0 bridgehead atoms. The summed E-state index contributed by atoms with van der Waals surface area (Å²) >= 11 is 8.80. The standard InChI is InChI=1S/C22H30BrN3O5S/c1-13(2)11-30-18-6-5-15(23)9-16(18)20(28)25-22(32)26-8-7-24-21(29)17(26)10-19(27)31-12-14(3)4/h5-6,9,13-14,17H,7-8,10-12H2,1-4H3,(H,24,29)(H,25,28,32). The number of carbonyl (C=O) groups excluding carboxylic acids is 3. The second-order valence-corrected chi connectivity index (χ2v) is 9.69. The molecule has 10 heteroatoms. The lowest BCUT2D eigenvalue weighted by atomic mass is 10.1. The maximum Gasteiger partial charge on any atom is 0.308 e. The molecule has 1 aromatic carbocycles. The van der Waals surface area contributed by atoms with Crippen LogP contribution in [0.25, 0.3) is 0 Å². The molecule has 1 heterocycles. The zero-order valence-electron chi connectivity index (χ0n) is 18.8. The summed E-state index contributed by atoms with van der Waals surface area (Å²) in [5.74, 6) is -0.366. The van der Waals surface area contributed by atoms with Crippen molar-refractivity contribution in [3.05, 3.63) is 28.2 Å². The molecule has 2 rings (SSSR count). The molecule has 1 aliphatic rings. The Hall–Kier alpha value is -2.20. The fourth-order valence-corrected chi connectivity index (χ4v) is 3.61. The first-order valence-corrected chi connectivity index (χ1v) is 11.8. The van der Waals surface area contributed by atoms with E-state index in [1.807, 2.05) is 27.7 Å². The number of nitrogens with zero attached hydrogens (tertiary/aromatic N) is 1. The highest BCUT2D eigenvalue weighted by molar-refractivity contribution is 9.10. The van der Waals surface area contributed by atoms with Gasteiger partial charge in [-0.2, -0.15) is 0 Å².